The van der Waals surface area contributed by atoms with Crippen LogP contribution in [0.5, 0.6) is 0 Å². The van der Waals surface area contributed by atoms with Crippen LogP contribution in [0.15, 0.2) is 0 Å². The van der Waals surface area contributed by atoms with Crippen LogP contribution in [0.25, 0.3) is 0 Å². The van der Waals surface area contributed by atoms with E-state index in [9.17, 15) is 10.2 Å². The molecule has 2 heteroatoms. The lowest BCUT2D eigenvalue weighted by molar-refractivity contribution is -0.119. The van der Waals surface area contributed by atoms with Gasteiger partial charge in [-0.15, -0.1) is 0 Å². The first-order chi connectivity index (χ1) is 6.30. The summed E-state index contributed by atoms with van der Waals surface area (Å²) in [6.07, 6.45) is 2.94. The maximum absolute atomic E-state index is 10.3. The van der Waals surface area contributed by atoms with Gasteiger partial charge >= 0.3 is 0 Å². The average Bonchev–Trinajstić information content (AvgIpc) is 2.10. The van der Waals surface area contributed by atoms with E-state index in [0.717, 1.165) is 25.7 Å². The average molecular weight is 200 g/mol. The summed E-state index contributed by atoms with van der Waals surface area (Å²) in [5, 5.41) is 20.5. The predicted octanol–water partition coefficient (Wildman–Crippen LogP) is 2.33. The number of hydrogen-bond acceptors (Lipinski definition) is 2. The summed E-state index contributed by atoms with van der Waals surface area (Å²) in [5.41, 5.74) is -1.08. The van der Waals surface area contributed by atoms with Gasteiger partial charge in [-0.3, -0.25) is 0 Å². The molecule has 0 amide bonds. The first-order valence-electron chi connectivity index (χ1n) is 5.75. The Hall–Kier alpha value is -0.0800. The summed E-state index contributed by atoms with van der Waals surface area (Å²) >= 11 is 0. The summed E-state index contributed by atoms with van der Waals surface area (Å²) in [6.45, 7) is 8.22. The molecule has 1 rings (SSSR count). The molecule has 84 valence electrons. The largest absolute Gasteiger partial charge is 0.390 e. The molecule has 0 aromatic carbocycles. The Balaban J connectivity index is 2.62. The predicted molar refractivity (Wildman–Crippen MR) is 58.0 cm³/mol. The normalized spacial score (nSPS) is 39.4. The first kappa shape index (κ1) is 12.0. The minimum Gasteiger partial charge on any atom is -0.390 e. The lowest BCUT2D eigenvalue weighted by atomic mass is 9.68. The van der Waals surface area contributed by atoms with Crippen LogP contribution < -0.4 is 0 Å². The highest BCUT2D eigenvalue weighted by atomic mass is 16.3. The number of aliphatic hydroxyl groups is 2. The van der Waals surface area contributed by atoms with Gasteiger partial charge < -0.3 is 10.2 Å². The van der Waals surface area contributed by atoms with Crippen LogP contribution in [0.4, 0.5) is 0 Å². The molecule has 1 aliphatic carbocycles. The van der Waals surface area contributed by atoms with Gasteiger partial charge in [-0.05, 0) is 37.5 Å². The Morgan fingerprint density at radius 1 is 0.714 bits per heavy atom. The van der Waals surface area contributed by atoms with Gasteiger partial charge in [0.2, 0.25) is 0 Å². The van der Waals surface area contributed by atoms with Crippen molar-refractivity contribution in [1.82, 2.24) is 0 Å². The molecule has 0 heterocycles. The SMILES string of the molecule is CC(C)C1(O)CCC(O)(C(C)C)CC1. The third kappa shape index (κ3) is 2.12. The quantitative estimate of drug-likeness (QED) is 0.718. The summed E-state index contributed by atoms with van der Waals surface area (Å²) in [5.74, 6) is 0.582. The second-order valence-electron chi connectivity index (χ2n) is 5.52. The van der Waals surface area contributed by atoms with E-state index in [1.807, 2.05) is 0 Å². The number of rotatable bonds is 2. The lowest BCUT2D eigenvalue weighted by Gasteiger charge is -2.45. The van der Waals surface area contributed by atoms with E-state index < -0.39 is 11.2 Å². The Bertz CT molecular complexity index is 166. The standard InChI is InChI=1S/C12H24O2/c1-9(2)11(13)5-7-12(14,8-6-11)10(3)4/h9-10,13-14H,5-8H2,1-4H3. The van der Waals surface area contributed by atoms with E-state index in [-0.39, 0.29) is 0 Å². The maximum Gasteiger partial charge on any atom is 0.0672 e. The van der Waals surface area contributed by atoms with Crippen molar-refractivity contribution in [1.29, 1.82) is 0 Å². The minimum absolute atomic E-state index is 0.291. The molecular weight excluding hydrogens is 176 g/mol. The minimum atomic E-state index is -0.541. The molecular formula is C12H24O2. The molecule has 0 bridgehead atoms. The smallest absolute Gasteiger partial charge is 0.0672 e. The summed E-state index contributed by atoms with van der Waals surface area (Å²) in [6, 6.07) is 0. The Morgan fingerprint density at radius 3 is 1.07 bits per heavy atom. The number of hydrogen-bond donors (Lipinski definition) is 2. The highest BCUT2D eigenvalue weighted by Gasteiger charge is 2.43. The van der Waals surface area contributed by atoms with Gasteiger partial charge in [-0.1, -0.05) is 27.7 Å². The monoisotopic (exact) mass is 200 g/mol. The highest BCUT2D eigenvalue weighted by molar-refractivity contribution is 4.96. The van der Waals surface area contributed by atoms with Gasteiger partial charge in [-0.25, -0.2) is 0 Å². The van der Waals surface area contributed by atoms with Crippen LogP contribution in [-0.4, -0.2) is 21.4 Å². The molecule has 1 saturated carbocycles. The third-order valence-electron chi connectivity index (χ3n) is 4.13. The molecule has 0 aliphatic heterocycles. The summed E-state index contributed by atoms with van der Waals surface area (Å²) < 4.78 is 0. The second kappa shape index (κ2) is 3.82. The van der Waals surface area contributed by atoms with Crippen LogP contribution in [0.2, 0.25) is 0 Å². The Labute approximate surface area is 87.3 Å². The lowest BCUT2D eigenvalue weighted by Crippen LogP contribution is -2.48. The second-order valence-corrected chi connectivity index (χ2v) is 5.52. The van der Waals surface area contributed by atoms with Crippen LogP contribution in [0.3, 0.4) is 0 Å². The summed E-state index contributed by atoms with van der Waals surface area (Å²) in [7, 11) is 0. The molecule has 2 N–H and O–H groups in total. The fraction of sp³-hybridized carbons (Fsp3) is 1.00. The molecule has 0 spiro atoms. The topological polar surface area (TPSA) is 40.5 Å². The molecule has 0 aromatic heterocycles. The molecule has 0 aromatic rings. The molecule has 0 radical (unpaired) electrons. The van der Waals surface area contributed by atoms with E-state index in [1.54, 1.807) is 0 Å². The molecule has 1 fully saturated rings. The Morgan fingerprint density at radius 2 is 0.929 bits per heavy atom. The van der Waals surface area contributed by atoms with Gasteiger partial charge in [0, 0.05) is 0 Å². The van der Waals surface area contributed by atoms with E-state index in [4.69, 9.17) is 0 Å². The zero-order valence-electron chi connectivity index (χ0n) is 9.88. The molecule has 0 atom stereocenters. The van der Waals surface area contributed by atoms with Crippen LogP contribution in [0, 0.1) is 11.8 Å². The maximum atomic E-state index is 10.3. The van der Waals surface area contributed by atoms with E-state index in [1.165, 1.54) is 0 Å². The van der Waals surface area contributed by atoms with Gasteiger partial charge in [-0.2, -0.15) is 0 Å². The van der Waals surface area contributed by atoms with Crippen molar-refractivity contribution in [3.8, 4) is 0 Å². The van der Waals surface area contributed by atoms with Gasteiger partial charge in [0.15, 0.2) is 0 Å². The van der Waals surface area contributed by atoms with Crippen molar-refractivity contribution in [2.45, 2.75) is 64.6 Å². The van der Waals surface area contributed by atoms with Crippen molar-refractivity contribution in [2.75, 3.05) is 0 Å². The molecule has 2 nitrogen and oxygen atoms in total. The zero-order chi connectivity index (χ0) is 11.0. The molecule has 1 aliphatic rings. The van der Waals surface area contributed by atoms with E-state index >= 15 is 0 Å². The first-order valence-corrected chi connectivity index (χ1v) is 5.75. The molecule has 14 heavy (non-hydrogen) atoms. The van der Waals surface area contributed by atoms with Crippen molar-refractivity contribution in [3.63, 3.8) is 0 Å². The van der Waals surface area contributed by atoms with Gasteiger partial charge in [0.05, 0.1) is 11.2 Å². The zero-order valence-corrected chi connectivity index (χ0v) is 9.88. The fourth-order valence-electron chi connectivity index (χ4n) is 2.27. The Kier molecular flexibility index (Phi) is 3.27. The van der Waals surface area contributed by atoms with Crippen LogP contribution >= 0.6 is 0 Å². The molecule has 0 unspecified atom stereocenters. The van der Waals surface area contributed by atoms with Crippen molar-refractivity contribution in [2.24, 2.45) is 11.8 Å². The fourth-order valence-corrected chi connectivity index (χ4v) is 2.27. The highest BCUT2D eigenvalue weighted by Crippen LogP contribution is 2.41. The van der Waals surface area contributed by atoms with Crippen molar-refractivity contribution < 1.29 is 10.2 Å². The van der Waals surface area contributed by atoms with E-state index in [0.29, 0.717) is 11.8 Å². The van der Waals surface area contributed by atoms with Gasteiger partial charge in [0.25, 0.3) is 0 Å². The van der Waals surface area contributed by atoms with Crippen molar-refractivity contribution in [3.05, 3.63) is 0 Å². The van der Waals surface area contributed by atoms with Crippen LogP contribution in [0.1, 0.15) is 53.4 Å². The molecule has 0 saturated heterocycles. The van der Waals surface area contributed by atoms with E-state index in [2.05, 4.69) is 27.7 Å². The third-order valence-corrected chi connectivity index (χ3v) is 4.13. The van der Waals surface area contributed by atoms with Gasteiger partial charge in [0.1, 0.15) is 0 Å². The van der Waals surface area contributed by atoms with Crippen LogP contribution in [-0.2, 0) is 0 Å². The summed E-state index contributed by atoms with van der Waals surface area (Å²) in [4.78, 5) is 0. The van der Waals surface area contributed by atoms with Crippen molar-refractivity contribution >= 4 is 0 Å².